The molecule has 0 amide bonds. The van der Waals surface area contributed by atoms with Crippen LogP contribution in [0.4, 0.5) is 4.39 Å². The molecule has 4 nitrogen and oxygen atoms in total. The van der Waals surface area contributed by atoms with Gasteiger partial charge in [-0.3, -0.25) is 0 Å². The van der Waals surface area contributed by atoms with Crippen LogP contribution in [0.3, 0.4) is 0 Å². The molecule has 0 saturated heterocycles. The minimum atomic E-state index is -0.381. The lowest BCUT2D eigenvalue weighted by Gasteiger charge is -2.09. The van der Waals surface area contributed by atoms with E-state index in [2.05, 4.69) is 10.1 Å². The number of nitrogens with two attached hydrogens (primary N) is 1. The van der Waals surface area contributed by atoms with Gasteiger partial charge in [-0.1, -0.05) is 47.6 Å². The van der Waals surface area contributed by atoms with Crippen LogP contribution < -0.4 is 5.73 Å². The fraction of sp³-hybridized carbons (Fsp3) is 0.125. The van der Waals surface area contributed by atoms with Crippen molar-refractivity contribution in [2.24, 2.45) is 5.73 Å². The average Bonchev–Trinajstić information content (AvgIpc) is 2.99. The van der Waals surface area contributed by atoms with Crippen LogP contribution in [0, 0.1) is 5.82 Å². The maximum Gasteiger partial charge on any atom is 0.235 e. The van der Waals surface area contributed by atoms with Crippen LogP contribution in [0.1, 0.15) is 17.4 Å². The molecule has 0 aliphatic heterocycles. The number of halogens is 1. The van der Waals surface area contributed by atoms with Gasteiger partial charge in [0.1, 0.15) is 5.82 Å². The normalized spacial score (nSPS) is 12.3. The summed E-state index contributed by atoms with van der Waals surface area (Å²) in [6.07, 6.45) is 0. The zero-order valence-corrected chi connectivity index (χ0v) is 11.2. The molecule has 0 aliphatic carbocycles. The number of rotatable bonds is 4. The van der Waals surface area contributed by atoms with Crippen molar-refractivity contribution in [3.8, 4) is 11.4 Å². The predicted octanol–water partition coefficient (Wildman–Crippen LogP) is 2.97. The lowest BCUT2D eigenvalue weighted by Crippen LogP contribution is -2.14. The molecule has 21 heavy (non-hydrogen) atoms. The third kappa shape index (κ3) is 2.68. The molecule has 3 aromatic rings. The Kier molecular flexibility index (Phi) is 3.75. The molecule has 106 valence electrons. The standard InChI is InChI=1S/C16H14FN3O/c17-14-9-5-4-8-12(14)15-19-16(21-20-15)13(10-18)11-6-2-1-3-7-11/h1-9,13H,10,18H2. The van der Waals surface area contributed by atoms with Crippen molar-refractivity contribution in [1.29, 1.82) is 0 Å². The van der Waals surface area contributed by atoms with E-state index in [1.54, 1.807) is 18.2 Å². The highest BCUT2D eigenvalue weighted by molar-refractivity contribution is 5.55. The highest BCUT2D eigenvalue weighted by atomic mass is 19.1. The number of nitrogens with zero attached hydrogens (tertiary/aromatic N) is 2. The molecule has 0 radical (unpaired) electrons. The average molecular weight is 283 g/mol. The first-order valence-electron chi connectivity index (χ1n) is 6.63. The van der Waals surface area contributed by atoms with E-state index < -0.39 is 0 Å². The third-order valence-electron chi connectivity index (χ3n) is 3.29. The maximum absolute atomic E-state index is 13.7. The van der Waals surface area contributed by atoms with Crippen molar-refractivity contribution in [2.75, 3.05) is 6.54 Å². The Morgan fingerprint density at radius 1 is 1.05 bits per heavy atom. The molecular weight excluding hydrogens is 269 g/mol. The first kappa shape index (κ1) is 13.5. The van der Waals surface area contributed by atoms with Crippen molar-refractivity contribution in [3.63, 3.8) is 0 Å². The van der Waals surface area contributed by atoms with Crippen LogP contribution in [0.5, 0.6) is 0 Å². The molecule has 0 aliphatic rings. The van der Waals surface area contributed by atoms with Crippen LogP contribution in [0.2, 0.25) is 0 Å². The Morgan fingerprint density at radius 2 is 1.76 bits per heavy atom. The summed E-state index contributed by atoms with van der Waals surface area (Å²) in [7, 11) is 0. The van der Waals surface area contributed by atoms with E-state index in [9.17, 15) is 4.39 Å². The van der Waals surface area contributed by atoms with Gasteiger partial charge in [-0.05, 0) is 17.7 Å². The second kappa shape index (κ2) is 5.85. The van der Waals surface area contributed by atoms with Crippen molar-refractivity contribution < 1.29 is 8.91 Å². The number of aromatic nitrogens is 2. The molecule has 1 heterocycles. The largest absolute Gasteiger partial charge is 0.338 e. The van der Waals surface area contributed by atoms with E-state index in [1.807, 2.05) is 30.3 Å². The second-order valence-corrected chi connectivity index (χ2v) is 4.64. The van der Waals surface area contributed by atoms with Crippen LogP contribution in [0.15, 0.2) is 59.1 Å². The summed E-state index contributed by atoms with van der Waals surface area (Å²) < 4.78 is 19.0. The maximum atomic E-state index is 13.7. The van der Waals surface area contributed by atoms with Gasteiger partial charge in [0, 0.05) is 6.54 Å². The molecule has 0 bridgehead atoms. The minimum absolute atomic E-state index is 0.195. The predicted molar refractivity (Wildman–Crippen MR) is 77.0 cm³/mol. The Labute approximate surface area is 121 Å². The lowest BCUT2D eigenvalue weighted by molar-refractivity contribution is 0.367. The molecule has 0 saturated carbocycles. The van der Waals surface area contributed by atoms with Gasteiger partial charge in [-0.15, -0.1) is 0 Å². The van der Waals surface area contributed by atoms with Gasteiger partial charge in [0.15, 0.2) is 0 Å². The first-order valence-corrected chi connectivity index (χ1v) is 6.63. The van der Waals surface area contributed by atoms with E-state index in [4.69, 9.17) is 10.3 Å². The fourth-order valence-electron chi connectivity index (χ4n) is 2.19. The van der Waals surface area contributed by atoms with Gasteiger partial charge in [0.25, 0.3) is 0 Å². The van der Waals surface area contributed by atoms with Gasteiger partial charge in [-0.2, -0.15) is 4.98 Å². The van der Waals surface area contributed by atoms with Gasteiger partial charge < -0.3 is 10.3 Å². The number of hydrogen-bond donors (Lipinski definition) is 1. The van der Waals surface area contributed by atoms with E-state index >= 15 is 0 Å². The van der Waals surface area contributed by atoms with E-state index in [-0.39, 0.29) is 17.6 Å². The molecule has 1 atom stereocenters. The van der Waals surface area contributed by atoms with Gasteiger partial charge in [0.2, 0.25) is 11.7 Å². The molecule has 3 rings (SSSR count). The van der Waals surface area contributed by atoms with Crippen LogP contribution in [0.25, 0.3) is 11.4 Å². The van der Waals surface area contributed by atoms with Crippen molar-refractivity contribution in [1.82, 2.24) is 10.1 Å². The molecule has 2 N–H and O–H groups in total. The molecular formula is C16H14FN3O. The Bertz CT molecular complexity index is 727. The van der Waals surface area contributed by atoms with Crippen molar-refractivity contribution in [3.05, 3.63) is 71.9 Å². The highest BCUT2D eigenvalue weighted by Crippen LogP contribution is 2.25. The molecule has 0 spiro atoms. The summed E-state index contributed by atoms with van der Waals surface area (Å²) in [6, 6.07) is 16.0. The highest BCUT2D eigenvalue weighted by Gasteiger charge is 2.21. The quantitative estimate of drug-likeness (QED) is 0.799. The molecule has 2 aromatic carbocycles. The van der Waals surface area contributed by atoms with Crippen molar-refractivity contribution >= 4 is 0 Å². The van der Waals surface area contributed by atoms with E-state index in [0.29, 0.717) is 18.0 Å². The van der Waals surface area contributed by atoms with E-state index in [0.717, 1.165) is 5.56 Å². The second-order valence-electron chi connectivity index (χ2n) is 4.64. The summed E-state index contributed by atoms with van der Waals surface area (Å²) in [4.78, 5) is 4.29. The molecule has 0 fully saturated rings. The molecule has 1 aromatic heterocycles. The van der Waals surface area contributed by atoms with Gasteiger partial charge >= 0.3 is 0 Å². The smallest absolute Gasteiger partial charge is 0.235 e. The van der Waals surface area contributed by atoms with Gasteiger partial charge in [0.05, 0.1) is 11.5 Å². The summed E-state index contributed by atoms with van der Waals surface area (Å²) in [6.45, 7) is 0.336. The summed E-state index contributed by atoms with van der Waals surface area (Å²) >= 11 is 0. The fourth-order valence-corrected chi connectivity index (χ4v) is 2.19. The number of hydrogen-bond acceptors (Lipinski definition) is 4. The minimum Gasteiger partial charge on any atom is -0.338 e. The Hall–Kier alpha value is -2.53. The summed E-state index contributed by atoms with van der Waals surface area (Å²) in [5.41, 5.74) is 7.12. The van der Waals surface area contributed by atoms with E-state index in [1.165, 1.54) is 6.07 Å². The summed E-state index contributed by atoms with van der Waals surface area (Å²) in [5.74, 6) is 0.0486. The van der Waals surface area contributed by atoms with Crippen LogP contribution in [-0.2, 0) is 0 Å². The van der Waals surface area contributed by atoms with Crippen LogP contribution in [-0.4, -0.2) is 16.7 Å². The van der Waals surface area contributed by atoms with Crippen LogP contribution >= 0.6 is 0 Å². The lowest BCUT2D eigenvalue weighted by atomic mass is 9.99. The number of benzene rings is 2. The Morgan fingerprint density at radius 3 is 2.48 bits per heavy atom. The molecule has 5 heteroatoms. The van der Waals surface area contributed by atoms with Crippen molar-refractivity contribution in [2.45, 2.75) is 5.92 Å². The SMILES string of the molecule is NCC(c1ccccc1)c1nc(-c2ccccc2F)no1. The third-order valence-corrected chi connectivity index (χ3v) is 3.29. The topological polar surface area (TPSA) is 64.9 Å². The monoisotopic (exact) mass is 283 g/mol. The zero-order chi connectivity index (χ0) is 14.7. The zero-order valence-electron chi connectivity index (χ0n) is 11.2. The van der Waals surface area contributed by atoms with Gasteiger partial charge in [-0.25, -0.2) is 4.39 Å². The summed E-state index contributed by atoms with van der Waals surface area (Å²) in [5, 5.41) is 3.86. The first-order chi connectivity index (χ1) is 10.3. The Balaban J connectivity index is 1.96. The molecule has 1 unspecified atom stereocenters.